The number of aryl methyl sites for hydroxylation is 2. The Morgan fingerprint density at radius 1 is 0.952 bits per heavy atom. The molecule has 0 N–H and O–H groups in total. The fourth-order valence-corrected chi connectivity index (χ4v) is 2.53. The van der Waals surface area contributed by atoms with Crippen molar-refractivity contribution in [2.45, 2.75) is 13.0 Å². The van der Waals surface area contributed by atoms with Crippen LogP contribution in [0.25, 0.3) is 0 Å². The molecule has 0 unspecified atom stereocenters. The molecule has 0 bridgehead atoms. The van der Waals surface area contributed by atoms with Crippen molar-refractivity contribution in [2.75, 3.05) is 31.2 Å². The fourth-order valence-electron chi connectivity index (χ4n) is 2.53. The van der Waals surface area contributed by atoms with Gasteiger partial charge in [-0.2, -0.15) is 0 Å². The minimum absolute atomic E-state index is 0. The van der Waals surface area contributed by atoms with E-state index in [1.165, 1.54) is 11.3 Å². The molecule has 21 heavy (non-hydrogen) atoms. The maximum absolute atomic E-state index is 5.39. The van der Waals surface area contributed by atoms with Gasteiger partial charge in [0, 0.05) is 37.3 Å². The maximum atomic E-state index is 5.39. The van der Waals surface area contributed by atoms with Crippen molar-refractivity contribution in [3.63, 3.8) is 0 Å². The van der Waals surface area contributed by atoms with Crippen LogP contribution in [0.2, 0.25) is 0 Å². The zero-order chi connectivity index (χ0) is 13.6. The highest BCUT2D eigenvalue weighted by Gasteiger charge is 2.12. The second-order valence-electron chi connectivity index (χ2n) is 5.13. The number of halogens is 1. The van der Waals surface area contributed by atoms with Gasteiger partial charge in [0.05, 0.1) is 13.2 Å². The molecule has 0 amide bonds. The molecule has 0 saturated carbocycles. The van der Waals surface area contributed by atoms with Gasteiger partial charge in [-0.15, -0.1) is 0 Å². The molecule has 3 nitrogen and oxygen atoms in total. The van der Waals surface area contributed by atoms with E-state index < -0.39 is 0 Å². The van der Waals surface area contributed by atoms with Crippen LogP contribution in [0, 0.1) is 0 Å². The van der Waals surface area contributed by atoms with Crippen LogP contribution in [-0.4, -0.2) is 26.3 Å². The minimum Gasteiger partial charge on any atom is -1.00 e. The van der Waals surface area contributed by atoms with Gasteiger partial charge in [-0.25, -0.2) is 4.57 Å². The van der Waals surface area contributed by atoms with E-state index in [1.807, 2.05) is 0 Å². The molecule has 1 aromatic heterocycles. The molecule has 1 saturated heterocycles. The van der Waals surface area contributed by atoms with Crippen LogP contribution in [0.3, 0.4) is 0 Å². The van der Waals surface area contributed by atoms with E-state index in [4.69, 9.17) is 4.74 Å². The summed E-state index contributed by atoms with van der Waals surface area (Å²) in [6, 6.07) is 15.0. The topological polar surface area (TPSA) is 16.4 Å². The first-order valence-electron chi connectivity index (χ1n) is 7.27. The predicted molar refractivity (Wildman–Crippen MR) is 79.8 cm³/mol. The number of ether oxygens (including phenoxy) is 1. The lowest BCUT2D eigenvalue weighted by Crippen LogP contribution is -3.00. The SMILES string of the molecule is [Cl-].c1ccc(CC[n+]2ccc(N3CCOCC3)cc2)cc1. The van der Waals surface area contributed by atoms with E-state index in [1.54, 1.807) is 0 Å². The van der Waals surface area contributed by atoms with E-state index in [-0.39, 0.29) is 12.4 Å². The van der Waals surface area contributed by atoms with Crippen molar-refractivity contribution in [1.82, 2.24) is 0 Å². The molecule has 4 heteroatoms. The van der Waals surface area contributed by atoms with Crippen LogP contribution in [0.4, 0.5) is 5.69 Å². The standard InChI is InChI=1S/C17H21N2O.ClH/c1-2-4-16(5-3-1)6-9-18-10-7-17(8-11-18)19-12-14-20-15-13-19;/h1-5,7-8,10-11H,6,9,12-15H2;1H/q+1;/p-1. The Labute approximate surface area is 132 Å². The number of nitrogens with zero attached hydrogens (tertiary/aromatic N) is 2. The van der Waals surface area contributed by atoms with E-state index >= 15 is 0 Å². The Morgan fingerprint density at radius 3 is 2.29 bits per heavy atom. The third-order valence-corrected chi connectivity index (χ3v) is 3.75. The van der Waals surface area contributed by atoms with E-state index in [2.05, 4.69) is 64.3 Å². The molecule has 2 heterocycles. The van der Waals surface area contributed by atoms with Gasteiger partial charge in [0.1, 0.15) is 0 Å². The summed E-state index contributed by atoms with van der Waals surface area (Å²) in [6.07, 6.45) is 5.42. The Bertz CT molecular complexity index is 524. The zero-order valence-corrected chi connectivity index (χ0v) is 12.9. The Kier molecular flexibility index (Phi) is 6.03. The smallest absolute Gasteiger partial charge is 0.170 e. The quantitative estimate of drug-likeness (QED) is 0.678. The summed E-state index contributed by atoms with van der Waals surface area (Å²) in [5.41, 5.74) is 2.68. The molecule has 112 valence electrons. The summed E-state index contributed by atoms with van der Waals surface area (Å²) in [7, 11) is 0. The third kappa shape index (κ3) is 4.45. The van der Waals surface area contributed by atoms with Gasteiger partial charge in [0.25, 0.3) is 0 Å². The van der Waals surface area contributed by atoms with Gasteiger partial charge in [0.15, 0.2) is 18.9 Å². The highest BCUT2D eigenvalue weighted by atomic mass is 35.5. The number of morpholine rings is 1. The Hall–Kier alpha value is -1.58. The molecule has 0 spiro atoms. The fraction of sp³-hybridized carbons (Fsp3) is 0.353. The minimum atomic E-state index is 0. The van der Waals surface area contributed by atoms with Crippen molar-refractivity contribution in [2.24, 2.45) is 0 Å². The van der Waals surface area contributed by atoms with Crippen LogP contribution in [0.5, 0.6) is 0 Å². The monoisotopic (exact) mass is 304 g/mol. The molecule has 0 radical (unpaired) electrons. The third-order valence-electron chi connectivity index (χ3n) is 3.75. The average Bonchev–Trinajstić information content (AvgIpc) is 2.55. The molecule has 2 aromatic rings. The van der Waals surface area contributed by atoms with Crippen molar-refractivity contribution < 1.29 is 21.7 Å². The van der Waals surface area contributed by atoms with Gasteiger partial charge in [0.2, 0.25) is 0 Å². The van der Waals surface area contributed by atoms with Crippen molar-refractivity contribution in [3.8, 4) is 0 Å². The lowest BCUT2D eigenvalue weighted by molar-refractivity contribution is -0.696. The Morgan fingerprint density at radius 2 is 1.62 bits per heavy atom. The molecular weight excluding hydrogens is 284 g/mol. The van der Waals surface area contributed by atoms with Gasteiger partial charge in [-0.3, -0.25) is 0 Å². The summed E-state index contributed by atoms with van der Waals surface area (Å²) in [4.78, 5) is 2.38. The normalized spacial score (nSPS) is 14.6. The van der Waals surface area contributed by atoms with Gasteiger partial charge < -0.3 is 22.0 Å². The van der Waals surface area contributed by atoms with E-state index in [0.29, 0.717) is 0 Å². The number of rotatable bonds is 4. The summed E-state index contributed by atoms with van der Waals surface area (Å²) in [6.45, 7) is 4.68. The summed E-state index contributed by atoms with van der Waals surface area (Å²) < 4.78 is 7.63. The zero-order valence-electron chi connectivity index (χ0n) is 12.1. The number of hydrogen-bond acceptors (Lipinski definition) is 2. The van der Waals surface area contributed by atoms with Gasteiger partial charge >= 0.3 is 0 Å². The molecule has 0 aliphatic carbocycles. The number of hydrogen-bond donors (Lipinski definition) is 0. The lowest BCUT2D eigenvalue weighted by atomic mass is 10.1. The maximum Gasteiger partial charge on any atom is 0.170 e. The highest BCUT2D eigenvalue weighted by Crippen LogP contribution is 2.13. The van der Waals surface area contributed by atoms with E-state index in [9.17, 15) is 0 Å². The van der Waals surface area contributed by atoms with Crippen LogP contribution in [0.1, 0.15) is 5.56 Å². The number of pyridine rings is 1. The van der Waals surface area contributed by atoms with E-state index in [0.717, 1.165) is 39.3 Å². The molecule has 0 atom stereocenters. The van der Waals surface area contributed by atoms with Crippen molar-refractivity contribution in [1.29, 1.82) is 0 Å². The van der Waals surface area contributed by atoms with Crippen LogP contribution >= 0.6 is 0 Å². The molecule has 3 rings (SSSR count). The highest BCUT2D eigenvalue weighted by molar-refractivity contribution is 5.43. The molecular formula is C17H21ClN2O. The summed E-state index contributed by atoms with van der Waals surface area (Å²) in [5, 5.41) is 0. The first-order chi connectivity index (χ1) is 9.92. The summed E-state index contributed by atoms with van der Waals surface area (Å²) >= 11 is 0. The predicted octanol–water partition coefficient (Wildman–Crippen LogP) is -0.943. The first kappa shape index (κ1) is 15.8. The van der Waals surface area contributed by atoms with Gasteiger partial charge in [-0.05, 0) is 5.56 Å². The number of benzene rings is 1. The second-order valence-corrected chi connectivity index (χ2v) is 5.13. The largest absolute Gasteiger partial charge is 1.00 e. The average molecular weight is 305 g/mol. The van der Waals surface area contributed by atoms with Crippen molar-refractivity contribution >= 4 is 5.69 Å². The molecule has 1 fully saturated rings. The van der Waals surface area contributed by atoms with Crippen LogP contribution < -0.4 is 21.9 Å². The van der Waals surface area contributed by atoms with Crippen LogP contribution in [0.15, 0.2) is 54.9 Å². The lowest BCUT2D eigenvalue weighted by Gasteiger charge is -2.28. The molecule has 1 aliphatic rings. The number of aromatic nitrogens is 1. The van der Waals surface area contributed by atoms with Gasteiger partial charge in [-0.1, -0.05) is 30.3 Å². The van der Waals surface area contributed by atoms with Crippen LogP contribution in [-0.2, 0) is 17.7 Å². The number of anilines is 1. The summed E-state index contributed by atoms with van der Waals surface area (Å²) in [5.74, 6) is 0. The molecule has 1 aliphatic heterocycles. The molecule has 1 aromatic carbocycles. The first-order valence-corrected chi connectivity index (χ1v) is 7.27. The Balaban J connectivity index is 0.00000161. The van der Waals surface area contributed by atoms with Crippen molar-refractivity contribution in [3.05, 3.63) is 60.4 Å². The second kappa shape index (κ2) is 8.01.